The minimum atomic E-state index is -0.665. The Balaban J connectivity index is 1.67. The average molecular weight is 334 g/mol. The quantitative estimate of drug-likeness (QED) is 0.729. The molecule has 0 radical (unpaired) electrons. The number of ether oxygens (including phenoxy) is 1. The molecule has 2 aromatic rings. The topological polar surface area (TPSA) is 70.6 Å². The van der Waals surface area contributed by atoms with Gasteiger partial charge in [-0.05, 0) is 48.1 Å². The summed E-state index contributed by atoms with van der Waals surface area (Å²) in [6.07, 6.45) is 0.0756. The van der Waals surface area contributed by atoms with E-state index < -0.39 is 6.10 Å². The van der Waals surface area contributed by atoms with Crippen molar-refractivity contribution in [1.82, 2.24) is 10.6 Å². The molecule has 5 nitrogen and oxygen atoms in total. The number of rotatable bonds is 7. The van der Waals surface area contributed by atoms with E-state index in [0.29, 0.717) is 6.54 Å². The predicted molar refractivity (Wildman–Crippen MR) is 92.1 cm³/mol. The molecule has 0 aliphatic carbocycles. The van der Waals surface area contributed by atoms with Crippen molar-refractivity contribution in [2.45, 2.75) is 19.4 Å². The highest BCUT2D eigenvalue weighted by Gasteiger charge is 2.12. The lowest BCUT2D eigenvalue weighted by Crippen LogP contribution is -2.38. The van der Waals surface area contributed by atoms with Crippen molar-refractivity contribution < 1.29 is 14.6 Å². The van der Waals surface area contributed by atoms with E-state index in [2.05, 4.69) is 10.6 Å². The summed E-state index contributed by atoms with van der Waals surface area (Å²) < 4.78 is 5.10. The summed E-state index contributed by atoms with van der Waals surface area (Å²) in [6, 6.07) is 9.43. The zero-order valence-electron chi connectivity index (χ0n) is 13.3. The van der Waals surface area contributed by atoms with E-state index in [0.717, 1.165) is 28.2 Å². The Labute approximate surface area is 140 Å². The van der Waals surface area contributed by atoms with Gasteiger partial charge in [-0.3, -0.25) is 0 Å². The zero-order chi connectivity index (χ0) is 16.7. The third-order valence-corrected chi connectivity index (χ3v) is 4.64. The fourth-order valence-electron chi connectivity index (χ4n) is 2.18. The number of amides is 2. The third kappa shape index (κ3) is 5.26. The monoisotopic (exact) mass is 334 g/mol. The maximum absolute atomic E-state index is 11.7. The van der Waals surface area contributed by atoms with Crippen LogP contribution in [0.3, 0.4) is 0 Å². The van der Waals surface area contributed by atoms with E-state index in [1.165, 1.54) is 11.3 Å². The zero-order valence-corrected chi connectivity index (χ0v) is 14.2. The van der Waals surface area contributed by atoms with Crippen LogP contribution >= 0.6 is 11.3 Å². The van der Waals surface area contributed by atoms with Gasteiger partial charge in [0.2, 0.25) is 0 Å². The molecule has 0 spiro atoms. The summed E-state index contributed by atoms with van der Waals surface area (Å²) in [5, 5.41) is 17.5. The molecule has 0 bridgehead atoms. The lowest BCUT2D eigenvalue weighted by molar-refractivity contribution is 0.176. The molecule has 2 rings (SSSR count). The minimum Gasteiger partial charge on any atom is -0.497 e. The first kappa shape index (κ1) is 17.3. The van der Waals surface area contributed by atoms with Crippen molar-refractivity contribution in [3.05, 3.63) is 51.7 Å². The van der Waals surface area contributed by atoms with E-state index in [1.54, 1.807) is 7.11 Å². The van der Waals surface area contributed by atoms with Crippen LogP contribution in [0, 0.1) is 6.92 Å². The van der Waals surface area contributed by atoms with Crippen LogP contribution in [0.5, 0.6) is 5.75 Å². The molecule has 124 valence electrons. The largest absolute Gasteiger partial charge is 0.497 e. The van der Waals surface area contributed by atoms with Gasteiger partial charge in [0.05, 0.1) is 13.7 Å². The summed E-state index contributed by atoms with van der Waals surface area (Å²) in [4.78, 5) is 12.6. The second kappa shape index (κ2) is 8.55. The van der Waals surface area contributed by atoms with Crippen LogP contribution < -0.4 is 15.4 Å². The lowest BCUT2D eigenvalue weighted by atomic mass is 10.1. The smallest absolute Gasteiger partial charge is 0.314 e. The maximum atomic E-state index is 11.7. The van der Waals surface area contributed by atoms with E-state index in [4.69, 9.17) is 4.74 Å². The lowest BCUT2D eigenvalue weighted by Gasteiger charge is -2.12. The van der Waals surface area contributed by atoms with Crippen LogP contribution in [-0.2, 0) is 6.42 Å². The molecule has 1 aromatic carbocycles. The molecule has 1 heterocycles. The van der Waals surface area contributed by atoms with Gasteiger partial charge < -0.3 is 20.5 Å². The van der Waals surface area contributed by atoms with Crippen LogP contribution in [0.1, 0.15) is 22.1 Å². The van der Waals surface area contributed by atoms with Crippen LogP contribution in [-0.4, -0.2) is 31.3 Å². The summed E-state index contributed by atoms with van der Waals surface area (Å²) in [7, 11) is 1.63. The Morgan fingerprint density at radius 3 is 2.61 bits per heavy atom. The summed E-state index contributed by atoms with van der Waals surface area (Å²) >= 11 is 1.50. The number of hydrogen-bond donors (Lipinski definition) is 3. The molecule has 1 aromatic heterocycles. The van der Waals surface area contributed by atoms with Crippen LogP contribution in [0.4, 0.5) is 4.79 Å². The number of aliphatic hydroxyl groups is 1. The number of aryl methyl sites for hydroxylation is 1. The molecule has 0 fully saturated rings. The molecule has 2 amide bonds. The highest BCUT2D eigenvalue weighted by molar-refractivity contribution is 7.10. The number of carbonyl (C=O) groups is 1. The highest BCUT2D eigenvalue weighted by atomic mass is 32.1. The predicted octanol–water partition coefficient (Wildman–Crippen LogP) is 2.64. The van der Waals surface area contributed by atoms with E-state index in [1.807, 2.05) is 42.6 Å². The van der Waals surface area contributed by atoms with Gasteiger partial charge >= 0.3 is 6.03 Å². The fourth-order valence-corrected chi connectivity index (χ4v) is 3.10. The SMILES string of the molecule is COc1ccc(CCNC(=O)NC[C@@H](O)c2sccc2C)cc1. The molecule has 23 heavy (non-hydrogen) atoms. The molecule has 0 saturated heterocycles. The molecule has 1 atom stereocenters. The van der Waals surface area contributed by atoms with Crippen molar-refractivity contribution in [3.8, 4) is 5.75 Å². The van der Waals surface area contributed by atoms with E-state index >= 15 is 0 Å². The Morgan fingerprint density at radius 1 is 1.26 bits per heavy atom. The van der Waals surface area contributed by atoms with Crippen molar-refractivity contribution in [2.75, 3.05) is 20.2 Å². The summed E-state index contributed by atoms with van der Waals surface area (Å²) in [5.41, 5.74) is 2.17. The minimum absolute atomic E-state index is 0.204. The van der Waals surface area contributed by atoms with Gasteiger partial charge in [-0.2, -0.15) is 0 Å². The summed E-state index contributed by atoms with van der Waals surface area (Å²) in [6.45, 7) is 2.69. The standard InChI is InChI=1S/C17H22N2O3S/c1-12-8-10-23-16(12)15(20)11-19-17(21)18-9-7-13-3-5-14(22-2)6-4-13/h3-6,8,10,15,20H,7,9,11H2,1-2H3,(H2,18,19,21)/t15-/m1/s1. The van der Waals surface area contributed by atoms with Crippen LogP contribution in [0.15, 0.2) is 35.7 Å². The molecular weight excluding hydrogens is 312 g/mol. The number of benzene rings is 1. The Bertz CT molecular complexity index is 625. The van der Waals surface area contributed by atoms with Crippen molar-refractivity contribution in [2.24, 2.45) is 0 Å². The number of thiophene rings is 1. The van der Waals surface area contributed by atoms with Crippen molar-refractivity contribution in [1.29, 1.82) is 0 Å². The van der Waals surface area contributed by atoms with Gasteiger partial charge in [0, 0.05) is 11.4 Å². The second-order valence-corrected chi connectivity index (χ2v) is 6.17. The molecule has 0 unspecified atom stereocenters. The maximum Gasteiger partial charge on any atom is 0.314 e. The first-order valence-electron chi connectivity index (χ1n) is 7.47. The van der Waals surface area contributed by atoms with E-state index in [-0.39, 0.29) is 12.6 Å². The summed E-state index contributed by atoms with van der Waals surface area (Å²) in [5.74, 6) is 0.817. The first-order valence-corrected chi connectivity index (χ1v) is 8.35. The highest BCUT2D eigenvalue weighted by Crippen LogP contribution is 2.22. The van der Waals surface area contributed by atoms with E-state index in [9.17, 15) is 9.90 Å². The molecule has 3 N–H and O–H groups in total. The van der Waals surface area contributed by atoms with Gasteiger partial charge in [-0.15, -0.1) is 11.3 Å². The first-order chi connectivity index (χ1) is 11.1. The number of aliphatic hydroxyl groups excluding tert-OH is 1. The molecule has 0 aliphatic heterocycles. The van der Waals surface area contributed by atoms with Crippen molar-refractivity contribution >= 4 is 17.4 Å². The van der Waals surface area contributed by atoms with Gasteiger partial charge in [0.25, 0.3) is 0 Å². The van der Waals surface area contributed by atoms with Gasteiger partial charge in [0.15, 0.2) is 0 Å². The third-order valence-electron chi connectivity index (χ3n) is 3.52. The Kier molecular flexibility index (Phi) is 6.43. The number of urea groups is 1. The Hall–Kier alpha value is -2.05. The number of methoxy groups -OCH3 is 1. The number of nitrogens with one attached hydrogen (secondary N) is 2. The van der Waals surface area contributed by atoms with Crippen LogP contribution in [0.25, 0.3) is 0 Å². The second-order valence-electron chi connectivity index (χ2n) is 5.22. The number of carbonyl (C=O) groups excluding carboxylic acids is 1. The van der Waals surface area contributed by atoms with Gasteiger partial charge in [-0.1, -0.05) is 12.1 Å². The molecule has 0 saturated carbocycles. The van der Waals surface area contributed by atoms with Crippen LogP contribution in [0.2, 0.25) is 0 Å². The fraction of sp³-hybridized carbons (Fsp3) is 0.353. The molecular formula is C17H22N2O3S. The normalized spacial score (nSPS) is 11.8. The Morgan fingerprint density at radius 2 is 2.00 bits per heavy atom. The number of hydrogen-bond acceptors (Lipinski definition) is 4. The van der Waals surface area contributed by atoms with Crippen molar-refractivity contribution in [3.63, 3.8) is 0 Å². The average Bonchev–Trinajstić information content (AvgIpc) is 2.99. The van der Waals surface area contributed by atoms with Gasteiger partial charge in [0.1, 0.15) is 11.9 Å². The molecule has 6 heteroatoms. The van der Waals surface area contributed by atoms with Gasteiger partial charge in [-0.25, -0.2) is 4.79 Å². The molecule has 0 aliphatic rings.